The fourth-order valence-electron chi connectivity index (χ4n) is 1.74. The molecular weight excluding hydrogens is 188 g/mol. The van der Waals surface area contributed by atoms with Gasteiger partial charge in [0.25, 0.3) is 5.92 Å². The van der Waals surface area contributed by atoms with Crippen LogP contribution in [0.2, 0.25) is 0 Å². The van der Waals surface area contributed by atoms with E-state index in [0.717, 1.165) is 0 Å². The second kappa shape index (κ2) is 3.02. The van der Waals surface area contributed by atoms with E-state index in [1.54, 1.807) is 23.1 Å². The van der Waals surface area contributed by atoms with Gasteiger partial charge in [-0.15, -0.1) is 0 Å². The van der Waals surface area contributed by atoms with Gasteiger partial charge in [-0.2, -0.15) is 5.10 Å². The molecule has 1 atom stereocenters. The highest BCUT2D eigenvalue weighted by Crippen LogP contribution is 2.62. The summed E-state index contributed by atoms with van der Waals surface area (Å²) < 4.78 is 27.6. The Morgan fingerprint density at radius 1 is 1.50 bits per heavy atom. The average Bonchev–Trinajstić information content (AvgIpc) is 2.56. The molecule has 5 heteroatoms. The van der Waals surface area contributed by atoms with Crippen molar-refractivity contribution in [1.82, 2.24) is 9.78 Å². The summed E-state index contributed by atoms with van der Waals surface area (Å²) >= 11 is 0. The summed E-state index contributed by atoms with van der Waals surface area (Å²) in [4.78, 5) is 0. The lowest BCUT2D eigenvalue weighted by atomic mass is 10.0. The van der Waals surface area contributed by atoms with Gasteiger partial charge in [-0.1, -0.05) is 0 Å². The molecule has 1 heterocycles. The van der Waals surface area contributed by atoms with Gasteiger partial charge in [-0.05, 0) is 12.5 Å². The highest BCUT2D eigenvalue weighted by molar-refractivity contribution is 5.10. The van der Waals surface area contributed by atoms with Crippen molar-refractivity contribution in [1.29, 1.82) is 0 Å². The zero-order valence-electron chi connectivity index (χ0n) is 7.79. The maximum atomic E-state index is 13.0. The van der Waals surface area contributed by atoms with Gasteiger partial charge in [-0.3, -0.25) is 4.68 Å². The Morgan fingerprint density at radius 3 is 2.64 bits per heavy atom. The fourth-order valence-corrected chi connectivity index (χ4v) is 1.74. The van der Waals surface area contributed by atoms with Crippen molar-refractivity contribution in [3.63, 3.8) is 0 Å². The molecule has 1 fully saturated rings. The topological polar surface area (TPSA) is 43.8 Å². The standard InChI is InChI=1S/C9H13F2N3/c10-9(11)6-8(9,7-12)2-5-14-4-1-3-13-14/h1,3-4H,2,5-7,12H2. The van der Waals surface area contributed by atoms with Gasteiger partial charge in [0, 0.05) is 31.9 Å². The van der Waals surface area contributed by atoms with E-state index in [-0.39, 0.29) is 13.0 Å². The van der Waals surface area contributed by atoms with Crippen LogP contribution in [0.5, 0.6) is 0 Å². The molecule has 0 bridgehead atoms. The van der Waals surface area contributed by atoms with Crippen molar-refractivity contribution in [2.45, 2.75) is 25.3 Å². The lowest BCUT2D eigenvalue weighted by Crippen LogP contribution is -2.24. The molecule has 0 saturated heterocycles. The number of hydrogen-bond acceptors (Lipinski definition) is 2. The highest BCUT2D eigenvalue weighted by Gasteiger charge is 2.69. The molecule has 0 aliphatic heterocycles. The Labute approximate surface area is 80.9 Å². The average molecular weight is 201 g/mol. The first-order valence-corrected chi connectivity index (χ1v) is 4.65. The maximum Gasteiger partial charge on any atom is 0.255 e. The number of aryl methyl sites for hydroxylation is 1. The number of nitrogens with two attached hydrogens (primary N) is 1. The van der Waals surface area contributed by atoms with E-state index in [4.69, 9.17) is 5.73 Å². The first-order valence-electron chi connectivity index (χ1n) is 4.65. The van der Waals surface area contributed by atoms with Gasteiger partial charge >= 0.3 is 0 Å². The molecule has 0 spiro atoms. The van der Waals surface area contributed by atoms with Crippen LogP contribution in [-0.4, -0.2) is 22.2 Å². The SMILES string of the molecule is NCC1(CCn2cccn2)CC1(F)F. The number of halogens is 2. The van der Waals surface area contributed by atoms with Gasteiger partial charge in [0.15, 0.2) is 0 Å². The molecule has 14 heavy (non-hydrogen) atoms. The van der Waals surface area contributed by atoms with Gasteiger partial charge in [0.05, 0.1) is 5.41 Å². The summed E-state index contributed by atoms with van der Waals surface area (Å²) in [7, 11) is 0. The number of aromatic nitrogens is 2. The quantitative estimate of drug-likeness (QED) is 0.796. The fraction of sp³-hybridized carbons (Fsp3) is 0.667. The smallest absolute Gasteiger partial charge is 0.255 e. The van der Waals surface area contributed by atoms with Crippen molar-refractivity contribution in [3.8, 4) is 0 Å². The van der Waals surface area contributed by atoms with Crippen LogP contribution in [0.3, 0.4) is 0 Å². The molecule has 2 N–H and O–H groups in total. The molecule has 3 nitrogen and oxygen atoms in total. The van der Waals surface area contributed by atoms with E-state index in [0.29, 0.717) is 13.0 Å². The Kier molecular flexibility index (Phi) is 2.06. The second-order valence-corrected chi connectivity index (χ2v) is 3.88. The summed E-state index contributed by atoms with van der Waals surface area (Å²) in [5.41, 5.74) is 4.41. The Hall–Kier alpha value is -0.970. The Balaban J connectivity index is 1.92. The summed E-state index contributed by atoms with van der Waals surface area (Å²) in [6, 6.07) is 1.78. The third-order valence-electron chi connectivity index (χ3n) is 2.98. The van der Waals surface area contributed by atoms with E-state index in [2.05, 4.69) is 5.10 Å². The largest absolute Gasteiger partial charge is 0.330 e. The molecular formula is C9H13F2N3. The summed E-state index contributed by atoms with van der Waals surface area (Å²) in [6.07, 6.45) is 3.74. The van der Waals surface area contributed by atoms with Crippen LogP contribution in [0.1, 0.15) is 12.8 Å². The molecule has 0 aromatic carbocycles. The molecule has 0 amide bonds. The third kappa shape index (κ3) is 1.41. The molecule has 78 valence electrons. The van der Waals surface area contributed by atoms with E-state index in [9.17, 15) is 8.78 Å². The molecule has 1 unspecified atom stereocenters. The molecule has 2 rings (SSSR count). The lowest BCUT2D eigenvalue weighted by molar-refractivity contribution is 0.0612. The van der Waals surface area contributed by atoms with Crippen LogP contribution in [-0.2, 0) is 6.54 Å². The first-order chi connectivity index (χ1) is 6.60. The number of rotatable bonds is 4. The predicted octanol–water partition coefficient (Wildman–Crippen LogP) is 1.26. The van der Waals surface area contributed by atoms with Crippen molar-refractivity contribution >= 4 is 0 Å². The van der Waals surface area contributed by atoms with Crippen molar-refractivity contribution < 1.29 is 8.78 Å². The van der Waals surface area contributed by atoms with Gasteiger partial charge in [-0.25, -0.2) is 8.78 Å². The van der Waals surface area contributed by atoms with Crippen molar-refractivity contribution in [2.24, 2.45) is 11.1 Å². The first kappa shape index (κ1) is 9.58. The molecule has 0 radical (unpaired) electrons. The van der Waals surface area contributed by atoms with Crippen molar-refractivity contribution in [3.05, 3.63) is 18.5 Å². The van der Waals surface area contributed by atoms with Crippen LogP contribution in [0, 0.1) is 5.41 Å². The van der Waals surface area contributed by atoms with Crippen molar-refractivity contribution in [2.75, 3.05) is 6.54 Å². The summed E-state index contributed by atoms with van der Waals surface area (Å²) in [6.45, 7) is 0.570. The molecule has 1 aliphatic carbocycles. The van der Waals surface area contributed by atoms with Crippen LogP contribution in [0.4, 0.5) is 8.78 Å². The number of hydrogen-bond donors (Lipinski definition) is 1. The number of alkyl halides is 2. The van der Waals surface area contributed by atoms with E-state index in [1.807, 2.05) is 0 Å². The lowest BCUT2D eigenvalue weighted by Gasteiger charge is -2.13. The molecule has 1 aliphatic rings. The van der Waals surface area contributed by atoms with E-state index < -0.39 is 11.3 Å². The maximum absolute atomic E-state index is 13.0. The predicted molar refractivity (Wildman–Crippen MR) is 47.9 cm³/mol. The highest BCUT2D eigenvalue weighted by atomic mass is 19.3. The normalized spacial score (nSPS) is 29.1. The number of nitrogens with zero attached hydrogens (tertiary/aromatic N) is 2. The van der Waals surface area contributed by atoms with Crippen LogP contribution in [0.15, 0.2) is 18.5 Å². The third-order valence-corrected chi connectivity index (χ3v) is 2.98. The van der Waals surface area contributed by atoms with Gasteiger partial charge in [0.2, 0.25) is 0 Å². The Morgan fingerprint density at radius 2 is 2.21 bits per heavy atom. The second-order valence-electron chi connectivity index (χ2n) is 3.88. The van der Waals surface area contributed by atoms with E-state index in [1.165, 1.54) is 0 Å². The molecule has 1 aromatic rings. The summed E-state index contributed by atoms with van der Waals surface area (Å²) in [5.74, 6) is -2.56. The Bertz CT molecular complexity index is 310. The minimum atomic E-state index is -2.56. The minimum absolute atomic E-state index is 0.0568. The van der Waals surface area contributed by atoms with Gasteiger partial charge in [0.1, 0.15) is 0 Å². The molecule has 1 aromatic heterocycles. The minimum Gasteiger partial charge on any atom is -0.330 e. The van der Waals surface area contributed by atoms with Crippen LogP contribution in [0.25, 0.3) is 0 Å². The zero-order chi connectivity index (χ0) is 10.2. The monoisotopic (exact) mass is 201 g/mol. The van der Waals surface area contributed by atoms with E-state index >= 15 is 0 Å². The van der Waals surface area contributed by atoms with Gasteiger partial charge < -0.3 is 5.73 Å². The summed E-state index contributed by atoms with van der Waals surface area (Å²) in [5, 5.41) is 3.96. The van der Waals surface area contributed by atoms with Crippen LogP contribution >= 0.6 is 0 Å². The zero-order valence-corrected chi connectivity index (χ0v) is 7.79. The van der Waals surface area contributed by atoms with Crippen LogP contribution < -0.4 is 5.73 Å². The molecule has 1 saturated carbocycles.